The first-order valence-electron chi connectivity index (χ1n) is 6.68. The van der Waals surface area contributed by atoms with Gasteiger partial charge in [-0.15, -0.1) is 0 Å². The molecule has 1 aliphatic rings. The van der Waals surface area contributed by atoms with Crippen molar-refractivity contribution in [3.05, 3.63) is 30.2 Å². The standard InChI is InChI=1S/C14H20N4/c1-17-12-6-7-16-10-11(12)9-14(17)13-5-3-2-4-8-18(13)15/h6-7,9-10,13H,2-5,8,15H2,1H3. The van der Waals surface area contributed by atoms with E-state index in [1.54, 1.807) is 0 Å². The Kier molecular flexibility index (Phi) is 3.06. The molecule has 0 aromatic carbocycles. The van der Waals surface area contributed by atoms with Crippen molar-refractivity contribution in [1.29, 1.82) is 0 Å². The topological polar surface area (TPSA) is 47.1 Å². The minimum Gasteiger partial charge on any atom is -0.346 e. The average molecular weight is 244 g/mol. The van der Waals surface area contributed by atoms with Crippen LogP contribution in [0.25, 0.3) is 10.9 Å². The van der Waals surface area contributed by atoms with E-state index in [1.807, 2.05) is 17.4 Å². The van der Waals surface area contributed by atoms with Crippen LogP contribution in [0.4, 0.5) is 0 Å². The van der Waals surface area contributed by atoms with Crippen LogP contribution in [0.5, 0.6) is 0 Å². The zero-order valence-corrected chi connectivity index (χ0v) is 10.8. The number of nitrogens with two attached hydrogens (primary N) is 1. The van der Waals surface area contributed by atoms with Crippen LogP contribution in [0.1, 0.15) is 37.4 Å². The van der Waals surface area contributed by atoms with Crippen molar-refractivity contribution in [2.24, 2.45) is 12.9 Å². The number of nitrogens with zero attached hydrogens (tertiary/aromatic N) is 3. The van der Waals surface area contributed by atoms with Gasteiger partial charge in [0.15, 0.2) is 0 Å². The van der Waals surface area contributed by atoms with E-state index in [0.29, 0.717) is 6.04 Å². The van der Waals surface area contributed by atoms with Crippen LogP contribution >= 0.6 is 0 Å². The van der Waals surface area contributed by atoms with E-state index in [-0.39, 0.29) is 0 Å². The zero-order valence-electron chi connectivity index (χ0n) is 10.8. The molecule has 2 aromatic heterocycles. The first kappa shape index (κ1) is 11.7. The molecule has 2 aromatic rings. The molecule has 0 saturated carbocycles. The van der Waals surface area contributed by atoms with E-state index in [1.165, 1.54) is 35.9 Å². The molecule has 1 aliphatic heterocycles. The van der Waals surface area contributed by atoms with Crippen molar-refractivity contribution in [2.45, 2.75) is 31.7 Å². The summed E-state index contributed by atoms with van der Waals surface area (Å²) >= 11 is 0. The Bertz CT molecular complexity index is 546. The third kappa shape index (κ3) is 1.91. The number of aryl methyl sites for hydroxylation is 1. The largest absolute Gasteiger partial charge is 0.346 e. The van der Waals surface area contributed by atoms with Crippen molar-refractivity contribution >= 4 is 10.9 Å². The first-order chi connectivity index (χ1) is 8.77. The van der Waals surface area contributed by atoms with E-state index >= 15 is 0 Å². The summed E-state index contributed by atoms with van der Waals surface area (Å²) in [6.45, 7) is 0.991. The van der Waals surface area contributed by atoms with Crippen molar-refractivity contribution in [3.63, 3.8) is 0 Å². The van der Waals surface area contributed by atoms with Crippen molar-refractivity contribution < 1.29 is 0 Å². The molecule has 0 radical (unpaired) electrons. The SMILES string of the molecule is Cn1c(C2CCCCCN2N)cc2cnccc21. The van der Waals surface area contributed by atoms with Gasteiger partial charge in [-0.25, -0.2) is 5.01 Å². The van der Waals surface area contributed by atoms with Gasteiger partial charge in [0.2, 0.25) is 0 Å². The summed E-state index contributed by atoms with van der Waals surface area (Å²) in [5.74, 6) is 6.21. The van der Waals surface area contributed by atoms with E-state index < -0.39 is 0 Å². The summed E-state index contributed by atoms with van der Waals surface area (Å²) < 4.78 is 2.26. The second-order valence-electron chi connectivity index (χ2n) is 5.17. The maximum absolute atomic E-state index is 6.21. The molecule has 1 atom stereocenters. The minimum atomic E-state index is 0.338. The fourth-order valence-corrected chi connectivity index (χ4v) is 2.98. The lowest BCUT2D eigenvalue weighted by Crippen LogP contribution is -2.35. The Labute approximate surface area is 107 Å². The van der Waals surface area contributed by atoms with Gasteiger partial charge in [0.1, 0.15) is 0 Å². The lowest BCUT2D eigenvalue weighted by molar-refractivity contribution is 0.200. The molecule has 96 valence electrons. The molecule has 0 aliphatic carbocycles. The second-order valence-corrected chi connectivity index (χ2v) is 5.17. The molecule has 1 fully saturated rings. The van der Waals surface area contributed by atoms with Gasteiger partial charge in [-0.05, 0) is 25.0 Å². The van der Waals surface area contributed by atoms with Crippen LogP contribution in [-0.4, -0.2) is 21.1 Å². The molecule has 0 bridgehead atoms. The van der Waals surface area contributed by atoms with Crippen LogP contribution < -0.4 is 5.84 Å². The summed E-state index contributed by atoms with van der Waals surface area (Å²) in [6, 6.07) is 4.64. The Hall–Kier alpha value is -1.39. The van der Waals surface area contributed by atoms with Crippen LogP contribution in [0.2, 0.25) is 0 Å². The quantitative estimate of drug-likeness (QED) is 0.783. The van der Waals surface area contributed by atoms with E-state index in [9.17, 15) is 0 Å². The van der Waals surface area contributed by atoms with Crippen LogP contribution in [0.15, 0.2) is 24.5 Å². The number of pyridine rings is 1. The number of hydrogen-bond donors (Lipinski definition) is 1. The molecule has 0 spiro atoms. The third-order valence-corrected chi connectivity index (χ3v) is 4.02. The van der Waals surface area contributed by atoms with Crippen LogP contribution in [0, 0.1) is 0 Å². The Balaban J connectivity index is 2.04. The molecule has 2 N–H and O–H groups in total. The molecule has 18 heavy (non-hydrogen) atoms. The highest BCUT2D eigenvalue weighted by Gasteiger charge is 2.23. The number of aromatic nitrogens is 2. The van der Waals surface area contributed by atoms with Gasteiger partial charge in [-0.2, -0.15) is 0 Å². The van der Waals surface area contributed by atoms with Gasteiger partial charge in [-0.3, -0.25) is 10.8 Å². The normalized spacial score (nSPS) is 22.2. The maximum Gasteiger partial charge on any atom is 0.0642 e. The highest BCUT2D eigenvalue weighted by molar-refractivity contribution is 5.80. The second kappa shape index (κ2) is 4.71. The molecule has 4 heteroatoms. The minimum absolute atomic E-state index is 0.338. The Morgan fingerprint density at radius 1 is 1.33 bits per heavy atom. The van der Waals surface area contributed by atoms with Gasteiger partial charge in [0.05, 0.1) is 11.6 Å². The van der Waals surface area contributed by atoms with Crippen molar-refractivity contribution in [1.82, 2.24) is 14.6 Å². The molecular weight excluding hydrogens is 224 g/mol. The predicted octanol–water partition coefficient (Wildman–Crippen LogP) is 2.36. The van der Waals surface area contributed by atoms with Crippen molar-refractivity contribution in [3.8, 4) is 0 Å². The summed E-state index contributed by atoms with van der Waals surface area (Å²) in [5, 5.41) is 3.21. The van der Waals surface area contributed by atoms with Crippen molar-refractivity contribution in [2.75, 3.05) is 6.54 Å². The lowest BCUT2D eigenvalue weighted by atomic mass is 10.1. The number of rotatable bonds is 1. The first-order valence-corrected chi connectivity index (χ1v) is 6.68. The maximum atomic E-state index is 6.21. The van der Waals surface area contributed by atoms with E-state index in [4.69, 9.17) is 5.84 Å². The predicted molar refractivity (Wildman–Crippen MR) is 72.8 cm³/mol. The Morgan fingerprint density at radius 3 is 3.06 bits per heavy atom. The zero-order chi connectivity index (χ0) is 12.5. The molecule has 3 rings (SSSR count). The number of hydrazine groups is 1. The Morgan fingerprint density at radius 2 is 2.22 bits per heavy atom. The summed E-state index contributed by atoms with van der Waals surface area (Å²) in [7, 11) is 2.12. The van der Waals surface area contributed by atoms with Gasteiger partial charge in [0, 0.05) is 37.1 Å². The molecule has 1 saturated heterocycles. The average Bonchev–Trinajstić information content (AvgIpc) is 2.57. The molecule has 3 heterocycles. The van der Waals surface area contributed by atoms with E-state index in [0.717, 1.165) is 13.0 Å². The van der Waals surface area contributed by atoms with Gasteiger partial charge >= 0.3 is 0 Å². The number of hydrogen-bond acceptors (Lipinski definition) is 3. The third-order valence-electron chi connectivity index (χ3n) is 4.02. The molecular formula is C14H20N4. The molecule has 4 nitrogen and oxygen atoms in total. The van der Waals surface area contributed by atoms with Gasteiger partial charge < -0.3 is 4.57 Å². The monoisotopic (exact) mass is 244 g/mol. The van der Waals surface area contributed by atoms with Gasteiger partial charge in [-0.1, -0.05) is 12.8 Å². The highest BCUT2D eigenvalue weighted by Crippen LogP contribution is 2.31. The smallest absolute Gasteiger partial charge is 0.0642 e. The van der Waals surface area contributed by atoms with Crippen LogP contribution in [-0.2, 0) is 7.05 Å². The number of fused-ring (bicyclic) bond motifs is 1. The molecule has 1 unspecified atom stereocenters. The van der Waals surface area contributed by atoms with E-state index in [2.05, 4.69) is 28.7 Å². The highest BCUT2D eigenvalue weighted by atomic mass is 15.4. The molecule has 0 amide bonds. The fourth-order valence-electron chi connectivity index (χ4n) is 2.98. The summed E-state index contributed by atoms with van der Waals surface area (Å²) in [4.78, 5) is 4.19. The fraction of sp³-hybridized carbons (Fsp3) is 0.500. The summed E-state index contributed by atoms with van der Waals surface area (Å²) in [5.41, 5.74) is 2.54. The van der Waals surface area contributed by atoms with Gasteiger partial charge in [0.25, 0.3) is 0 Å². The lowest BCUT2D eigenvalue weighted by Gasteiger charge is -2.25. The van der Waals surface area contributed by atoms with Crippen LogP contribution in [0.3, 0.4) is 0 Å². The summed E-state index contributed by atoms with van der Waals surface area (Å²) in [6.07, 6.45) is 8.68.